The molecule has 1 aromatic rings. The van der Waals surface area contributed by atoms with Gasteiger partial charge in [-0.05, 0) is 30.4 Å². The average molecular weight is 225 g/mol. The molecule has 2 nitrogen and oxygen atoms in total. The summed E-state index contributed by atoms with van der Waals surface area (Å²) < 4.78 is 5.80. The predicted molar refractivity (Wildman–Crippen MR) is 64.5 cm³/mol. The van der Waals surface area contributed by atoms with Crippen LogP contribution in [-0.2, 0) is 11.2 Å². The second kappa shape index (κ2) is 5.10. The Labute approximate surface area is 95.6 Å². The summed E-state index contributed by atoms with van der Waals surface area (Å²) in [6.07, 6.45) is 2.53. The minimum Gasteiger partial charge on any atom is -0.372 e. The molecule has 0 radical (unpaired) electrons. The fourth-order valence-corrected chi connectivity index (χ4v) is 2.76. The number of hydrogen-bond acceptors (Lipinski definition) is 3. The van der Waals surface area contributed by atoms with Gasteiger partial charge in [0.15, 0.2) is 0 Å². The molecule has 2 atom stereocenters. The Bertz CT molecular complexity index is 310. The topological polar surface area (TPSA) is 21.3 Å². The molecule has 1 aliphatic heterocycles. The van der Waals surface area contributed by atoms with E-state index in [2.05, 4.69) is 30.6 Å². The van der Waals surface area contributed by atoms with Crippen molar-refractivity contribution in [2.24, 2.45) is 0 Å². The number of ether oxygens (including phenoxy) is 1. The second-order valence-electron chi connectivity index (χ2n) is 4.13. The fraction of sp³-hybridized carbons (Fsp3) is 0.667. The third-order valence-corrected chi connectivity index (χ3v) is 4.04. The zero-order valence-corrected chi connectivity index (χ0v) is 10.3. The zero-order chi connectivity index (χ0) is 10.7. The van der Waals surface area contributed by atoms with Crippen LogP contribution in [0.2, 0.25) is 0 Å². The number of nitrogens with one attached hydrogen (secondary N) is 1. The van der Waals surface area contributed by atoms with Gasteiger partial charge in [-0.1, -0.05) is 6.92 Å². The monoisotopic (exact) mass is 225 g/mol. The van der Waals surface area contributed by atoms with Gasteiger partial charge in [0, 0.05) is 23.9 Å². The fourth-order valence-electron chi connectivity index (χ4n) is 1.85. The number of hydrogen-bond donors (Lipinski definition) is 1. The SMILES string of the molecule is CCC(C)NCC1OCCc2sccc21. The molecule has 1 N–H and O–H groups in total. The Kier molecular flexibility index (Phi) is 3.78. The van der Waals surface area contributed by atoms with Gasteiger partial charge in [-0.3, -0.25) is 0 Å². The molecule has 1 aliphatic rings. The first-order valence-electron chi connectivity index (χ1n) is 5.72. The van der Waals surface area contributed by atoms with Crippen LogP contribution in [0.25, 0.3) is 0 Å². The summed E-state index contributed by atoms with van der Waals surface area (Å²) in [6, 6.07) is 2.79. The molecule has 0 saturated carbocycles. The van der Waals surface area contributed by atoms with Gasteiger partial charge in [-0.2, -0.15) is 0 Å². The van der Waals surface area contributed by atoms with Crippen LogP contribution >= 0.6 is 11.3 Å². The van der Waals surface area contributed by atoms with Gasteiger partial charge in [-0.15, -0.1) is 11.3 Å². The smallest absolute Gasteiger partial charge is 0.0960 e. The van der Waals surface area contributed by atoms with Crippen LogP contribution in [0.4, 0.5) is 0 Å². The third kappa shape index (κ3) is 2.60. The van der Waals surface area contributed by atoms with E-state index in [9.17, 15) is 0 Å². The van der Waals surface area contributed by atoms with Crippen LogP contribution in [0.3, 0.4) is 0 Å². The van der Waals surface area contributed by atoms with Crippen molar-refractivity contribution in [1.82, 2.24) is 5.32 Å². The Hall–Kier alpha value is -0.380. The minimum atomic E-state index is 0.272. The molecule has 0 bridgehead atoms. The molecule has 0 fully saturated rings. The molecule has 0 saturated heterocycles. The van der Waals surface area contributed by atoms with Crippen LogP contribution in [-0.4, -0.2) is 19.2 Å². The molecule has 1 aromatic heterocycles. The van der Waals surface area contributed by atoms with E-state index < -0.39 is 0 Å². The van der Waals surface area contributed by atoms with Gasteiger partial charge >= 0.3 is 0 Å². The van der Waals surface area contributed by atoms with E-state index in [0.717, 1.165) is 19.6 Å². The maximum atomic E-state index is 5.80. The highest BCUT2D eigenvalue weighted by molar-refractivity contribution is 7.10. The highest BCUT2D eigenvalue weighted by Gasteiger charge is 2.21. The second-order valence-corrected chi connectivity index (χ2v) is 5.13. The normalized spacial score (nSPS) is 22.4. The minimum absolute atomic E-state index is 0.272. The average Bonchev–Trinajstić information content (AvgIpc) is 2.74. The van der Waals surface area contributed by atoms with Gasteiger partial charge in [0.2, 0.25) is 0 Å². The van der Waals surface area contributed by atoms with E-state index in [0.29, 0.717) is 6.04 Å². The largest absolute Gasteiger partial charge is 0.372 e. The lowest BCUT2D eigenvalue weighted by Gasteiger charge is -2.25. The highest BCUT2D eigenvalue weighted by Crippen LogP contribution is 2.30. The molecule has 2 heterocycles. The van der Waals surface area contributed by atoms with Crippen LogP contribution < -0.4 is 5.32 Å². The summed E-state index contributed by atoms with van der Waals surface area (Å²) in [5.41, 5.74) is 1.40. The van der Waals surface area contributed by atoms with Gasteiger partial charge in [0.1, 0.15) is 0 Å². The summed E-state index contributed by atoms with van der Waals surface area (Å²) >= 11 is 1.86. The highest BCUT2D eigenvalue weighted by atomic mass is 32.1. The molecular formula is C12H19NOS. The number of thiophene rings is 1. The summed E-state index contributed by atoms with van der Waals surface area (Å²) in [5, 5.41) is 5.69. The lowest BCUT2D eigenvalue weighted by molar-refractivity contribution is 0.0422. The van der Waals surface area contributed by atoms with E-state index in [-0.39, 0.29) is 6.10 Å². The van der Waals surface area contributed by atoms with Crippen molar-refractivity contribution in [3.8, 4) is 0 Å². The van der Waals surface area contributed by atoms with Gasteiger partial charge in [0.05, 0.1) is 12.7 Å². The van der Waals surface area contributed by atoms with Crippen molar-refractivity contribution in [1.29, 1.82) is 0 Å². The molecule has 84 valence electrons. The Morgan fingerprint density at radius 1 is 1.67 bits per heavy atom. The van der Waals surface area contributed by atoms with Gasteiger partial charge < -0.3 is 10.1 Å². The van der Waals surface area contributed by atoms with E-state index in [1.165, 1.54) is 16.9 Å². The van der Waals surface area contributed by atoms with Gasteiger partial charge in [0.25, 0.3) is 0 Å². The summed E-state index contributed by atoms with van der Waals surface area (Å²) in [6.45, 7) is 6.24. The maximum Gasteiger partial charge on any atom is 0.0960 e. The van der Waals surface area contributed by atoms with E-state index in [1.807, 2.05) is 11.3 Å². The first-order valence-corrected chi connectivity index (χ1v) is 6.60. The first-order chi connectivity index (χ1) is 7.31. The zero-order valence-electron chi connectivity index (χ0n) is 9.45. The molecule has 2 unspecified atom stereocenters. The van der Waals surface area contributed by atoms with Crippen molar-refractivity contribution in [2.45, 2.75) is 38.8 Å². The van der Waals surface area contributed by atoms with E-state index in [1.54, 1.807) is 0 Å². The van der Waals surface area contributed by atoms with Gasteiger partial charge in [-0.25, -0.2) is 0 Å². The molecule has 0 spiro atoms. The quantitative estimate of drug-likeness (QED) is 0.850. The molecular weight excluding hydrogens is 206 g/mol. The molecule has 0 aliphatic carbocycles. The van der Waals surface area contributed by atoms with Crippen LogP contribution in [0.1, 0.15) is 36.8 Å². The van der Waals surface area contributed by atoms with Crippen molar-refractivity contribution in [3.05, 3.63) is 21.9 Å². The summed E-state index contributed by atoms with van der Waals surface area (Å²) in [7, 11) is 0. The predicted octanol–water partition coefficient (Wildman–Crippen LogP) is 2.75. The third-order valence-electron chi connectivity index (χ3n) is 3.04. The lowest BCUT2D eigenvalue weighted by atomic mass is 10.1. The van der Waals surface area contributed by atoms with E-state index >= 15 is 0 Å². The van der Waals surface area contributed by atoms with Crippen molar-refractivity contribution in [3.63, 3.8) is 0 Å². The Morgan fingerprint density at radius 2 is 2.53 bits per heavy atom. The van der Waals surface area contributed by atoms with Crippen molar-refractivity contribution in [2.75, 3.05) is 13.2 Å². The van der Waals surface area contributed by atoms with Crippen LogP contribution in [0.5, 0.6) is 0 Å². The van der Waals surface area contributed by atoms with Crippen molar-refractivity contribution >= 4 is 11.3 Å². The molecule has 2 rings (SSSR count). The molecule has 3 heteroatoms. The Morgan fingerprint density at radius 3 is 3.33 bits per heavy atom. The molecule has 15 heavy (non-hydrogen) atoms. The Balaban J connectivity index is 1.95. The molecule has 0 aromatic carbocycles. The summed E-state index contributed by atoms with van der Waals surface area (Å²) in [4.78, 5) is 1.51. The first kappa shape index (κ1) is 11.1. The number of fused-ring (bicyclic) bond motifs is 1. The maximum absolute atomic E-state index is 5.80. The standard InChI is InChI=1S/C12H19NOS/c1-3-9(2)13-8-11-10-5-7-15-12(10)4-6-14-11/h5,7,9,11,13H,3-4,6,8H2,1-2H3. The summed E-state index contributed by atoms with van der Waals surface area (Å²) in [5.74, 6) is 0. The van der Waals surface area contributed by atoms with E-state index in [4.69, 9.17) is 4.74 Å². The lowest BCUT2D eigenvalue weighted by Crippen LogP contribution is -2.32. The van der Waals surface area contributed by atoms with Crippen LogP contribution in [0, 0.1) is 0 Å². The van der Waals surface area contributed by atoms with Crippen LogP contribution in [0.15, 0.2) is 11.4 Å². The number of rotatable bonds is 4. The van der Waals surface area contributed by atoms with Crippen molar-refractivity contribution < 1.29 is 4.74 Å². The molecule has 0 amide bonds.